The van der Waals surface area contributed by atoms with Crippen LogP contribution in [0.2, 0.25) is 0 Å². The normalized spacial score (nSPS) is 10.5. The first-order valence-electron chi connectivity index (χ1n) is 5.26. The molecule has 0 amide bonds. The largest absolute Gasteiger partial charge is 0.292 e. The Hall–Kier alpha value is -1.55. The highest BCUT2D eigenvalue weighted by Gasteiger charge is 2.11. The molecule has 0 fully saturated rings. The molecule has 2 nitrogen and oxygen atoms in total. The second-order valence-electron chi connectivity index (χ2n) is 3.92. The Morgan fingerprint density at radius 2 is 2.18 bits per heavy atom. The van der Waals surface area contributed by atoms with Gasteiger partial charge in [-0.1, -0.05) is 6.07 Å². The standard InChI is InChI=1S/C13H12FNOS/c1-8-5-11(14)4-3-10(8)6-13(16)12-7-17-9(2)15-12/h3-5,7H,6H2,1-2H3. The molecule has 1 aromatic carbocycles. The van der Waals surface area contributed by atoms with Gasteiger partial charge in [-0.3, -0.25) is 4.79 Å². The Morgan fingerprint density at radius 3 is 2.76 bits per heavy atom. The van der Waals surface area contributed by atoms with Crippen LogP contribution in [0.4, 0.5) is 4.39 Å². The molecular weight excluding hydrogens is 237 g/mol. The predicted molar refractivity (Wildman–Crippen MR) is 66.0 cm³/mol. The van der Waals surface area contributed by atoms with Gasteiger partial charge >= 0.3 is 0 Å². The summed E-state index contributed by atoms with van der Waals surface area (Å²) in [6, 6.07) is 4.47. The van der Waals surface area contributed by atoms with E-state index in [0.29, 0.717) is 5.69 Å². The van der Waals surface area contributed by atoms with E-state index in [1.165, 1.54) is 23.5 Å². The molecule has 2 aromatic rings. The maximum absolute atomic E-state index is 12.9. The van der Waals surface area contributed by atoms with Gasteiger partial charge in [-0.15, -0.1) is 11.3 Å². The number of carbonyl (C=O) groups is 1. The summed E-state index contributed by atoms with van der Waals surface area (Å²) >= 11 is 1.46. The first kappa shape index (κ1) is 11.9. The third kappa shape index (κ3) is 2.77. The maximum atomic E-state index is 12.9. The first-order valence-corrected chi connectivity index (χ1v) is 6.14. The summed E-state index contributed by atoms with van der Waals surface area (Å²) in [6.45, 7) is 3.67. The van der Waals surface area contributed by atoms with Crippen molar-refractivity contribution < 1.29 is 9.18 Å². The Bertz CT molecular complexity index is 562. The molecule has 0 saturated heterocycles. The molecule has 0 unspecified atom stereocenters. The molecule has 0 N–H and O–H groups in total. The topological polar surface area (TPSA) is 30.0 Å². The fourth-order valence-corrected chi connectivity index (χ4v) is 2.23. The average molecular weight is 249 g/mol. The quantitative estimate of drug-likeness (QED) is 0.781. The van der Waals surface area contributed by atoms with E-state index in [2.05, 4.69) is 4.98 Å². The highest BCUT2D eigenvalue weighted by Crippen LogP contribution is 2.15. The van der Waals surface area contributed by atoms with Gasteiger partial charge in [0.2, 0.25) is 0 Å². The van der Waals surface area contributed by atoms with Crippen molar-refractivity contribution in [2.45, 2.75) is 20.3 Å². The van der Waals surface area contributed by atoms with E-state index in [1.807, 2.05) is 6.92 Å². The van der Waals surface area contributed by atoms with Crippen molar-refractivity contribution in [1.82, 2.24) is 4.98 Å². The van der Waals surface area contributed by atoms with Crippen LogP contribution in [0, 0.1) is 19.7 Å². The van der Waals surface area contributed by atoms with Gasteiger partial charge in [0.1, 0.15) is 11.5 Å². The molecular formula is C13H12FNOS. The first-order chi connectivity index (χ1) is 8.06. The lowest BCUT2D eigenvalue weighted by Crippen LogP contribution is -2.05. The van der Waals surface area contributed by atoms with Gasteiger partial charge < -0.3 is 0 Å². The summed E-state index contributed by atoms with van der Waals surface area (Å²) in [5, 5.41) is 2.64. The molecule has 0 aliphatic carbocycles. The van der Waals surface area contributed by atoms with Crippen LogP contribution in [0.25, 0.3) is 0 Å². The number of thiazole rings is 1. The van der Waals surface area contributed by atoms with E-state index >= 15 is 0 Å². The number of aromatic nitrogens is 1. The molecule has 4 heteroatoms. The fraction of sp³-hybridized carbons (Fsp3) is 0.231. The van der Waals surface area contributed by atoms with Crippen LogP contribution >= 0.6 is 11.3 Å². The monoisotopic (exact) mass is 249 g/mol. The molecule has 0 aliphatic rings. The van der Waals surface area contributed by atoms with Crippen LogP contribution < -0.4 is 0 Å². The van der Waals surface area contributed by atoms with Gasteiger partial charge in [0, 0.05) is 11.8 Å². The lowest BCUT2D eigenvalue weighted by atomic mass is 10.0. The number of rotatable bonds is 3. The molecule has 1 aromatic heterocycles. The zero-order chi connectivity index (χ0) is 12.4. The lowest BCUT2D eigenvalue weighted by molar-refractivity contribution is 0.0988. The van der Waals surface area contributed by atoms with Crippen molar-refractivity contribution in [3.63, 3.8) is 0 Å². The number of hydrogen-bond donors (Lipinski definition) is 0. The van der Waals surface area contributed by atoms with Crippen LogP contribution in [0.3, 0.4) is 0 Å². The van der Waals surface area contributed by atoms with Gasteiger partial charge in [-0.05, 0) is 37.1 Å². The summed E-state index contributed by atoms with van der Waals surface area (Å²) in [7, 11) is 0. The lowest BCUT2D eigenvalue weighted by Gasteiger charge is -2.03. The second kappa shape index (κ2) is 4.75. The minimum absolute atomic E-state index is 0.0240. The number of benzene rings is 1. The molecule has 0 atom stereocenters. The number of Topliss-reactive ketones (excluding diaryl/α,β-unsaturated/α-hetero) is 1. The molecule has 88 valence electrons. The van der Waals surface area contributed by atoms with E-state index < -0.39 is 0 Å². The van der Waals surface area contributed by atoms with Crippen LogP contribution in [-0.2, 0) is 6.42 Å². The Morgan fingerprint density at radius 1 is 1.41 bits per heavy atom. The predicted octanol–water partition coefficient (Wildman–Crippen LogP) is 3.32. The number of ketones is 1. The molecule has 0 spiro atoms. The Kier molecular flexibility index (Phi) is 3.33. The highest BCUT2D eigenvalue weighted by molar-refractivity contribution is 7.09. The minimum Gasteiger partial charge on any atom is -0.292 e. The van der Waals surface area contributed by atoms with Gasteiger partial charge in [0.25, 0.3) is 0 Å². The van der Waals surface area contributed by atoms with Crippen molar-refractivity contribution in [1.29, 1.82) is 0 Å². The third-order valence-corrected chi connectivity index (χ3v) is 3.33. The molecule has 2 rings (SSSR count). The summed E-state index contributed by atoms with van der Waals surface area (Å²) in [6.07, 6.45) is 0.273. The van der Waals surface area contributed by atoms with Crippen molar-refractivity contribution in [2.24, 2.45) is 0 Å². The van der Waals surface area contributed by atoms with E-state index in [1.54, 1.807) is 18.4 Å². The molecule has 0 saturated carbocycles. The van der Waals surface area contributed by atoms with Gasteiger partial charge in [0.05, 0.1) is 5.01 Å². The summed E-state index contributed by atoms with van der Waals surface area (Å²) in [5.41, 5.74) is 2.14. The van der Waals surface area contributed by atoms with Gasteiger partial charge in [0.15, 0.2) is 5.78 Å². The molecule has 1 heterocycles. The zero-order valence-corrected chi connectivity index (χ0v) is 10.5. The second-order valence-corrected chi connectivity index (χ2v) is 4.98. The fourth-order valence-electron chi connectivity index (χ4n) is 1.61. The third-order valence-electron chi connectivity index (χ3n) is 2.56. The van der Waals surface area contributed by atoms with Crippen LogP contribution in [-0.4, -0.2) is 10.8 Å². The number of aryl methyl sites for hydroxylation is 2. The average Bonchev–Trinajstić information content (AvgIpc) is 2.69. The van der Waals surface area contributed by atoms with Crippen molar-refractivity contribution in [3.05, 3.63) is 51.2 Å². The number of hydrogen-bond acceptors (Lipinski definition) is 3. The van der Waals surface area contributed by atoms with Gasteiger partial charge in [-0.25, -0.2) is 9.37 Å². The molecule has 17 heavy (non-hydrogen) atoms. The highest BCUT2D eigenvalue weighted by atomic mass is 32.1. The smallest absolute Gasteiger partial charge is 0.186 e. The summed E-state index contributed by atoms with van der Waals surface area (Å²) < 4.78 is 12.9. The van der Waals surface area contributed by atoms with Gasteiger partial charge in [-0.2, -0.15) is 0 Å². The Balaban J connectivity index is 2.18. The SMILES string of the molecule is Cc1nc(C(=O)Cc2ccc(F)cc2C)cs1. The summed E-state index contributed by atoms with van der Waals surface area (Å²) in [4.78, 5) is 16.1. The van der Waals surface area contributed by atoms with E-state index in [0.717, 1.165) is 16.1 Å². The van der Waals surface area contributed by atoms with Crippen molar-refractivity contribution >= 4 is 17.1 Å². The molecule has 0 bridgehead atoms. The van der Waals surface area contributed by atoms with Crippen LogP contribution in [0.5, 0.6) is 0 Å². The minimum atomic E-state index is -0.275. The Labute approximate surface area is 103 Å². The van der Waals surface area contributed by atoms with E-state index in [-0.39, 0.29) is 18.0 Å². The van der Waals surface area contributed by atoms with Crippen LogP contribution in [0.15, 0.2) is 23.6 Å². The van der Waals surface area contributed by atoms with Crippen molar-refractivity contribution in [2.75, 3.05) is 0 Å². The number of halogens is 1. The number of carbonyl (C=O) groups excluding carboxylic acids is 1. The maximum Gasteiger partial charge on any atom is 0.186 e. The van der Waals surface area contributed by atoms with Crippen LogP contribution in [0.1, 0.15) is 26.6 Å². The van der Waals surface area contributed by atoms with E-state index in [9.17, 15) is 9.18 Å². The van der Waals surface area contributed by atoms with E-state index in [4.69, 9.17) is 0 Å². The zero-order valence-electron chi connectivity index (χ0n) is 9.66. The number of nitrogens with zero attached hydrogens (tertiary/aromatic N) is 1. The van der Waals surface area contributed by atoms with Crippen molar-refractivity contribution in [3.8, 4) is 0 Å². The summed E-state index contributed by atoms with van der Waals surface area (Å²) in [5.74, 6) is -0.299. The molecule has 0 aliphatic heterocycles. The molecule has 0 radical (unpaired) electrons.